The standard InChI is InChI=1S/C15H13FN6O3/c1-21-12(10(6-18-21)14(24)25)13(23)19-15-17-8-22(20-15)7-9-4-2-3-5-11(9)16/h2-6,8H,7H2,1H3,(H,24,25)(H,19,20,23). The molecule has 0 spiro atoms. The SMILES string of the molecule is Cn1ncc(C(=O)O)c1C(=O)Nc1ncn(Cc2ccccc2F)n1. The molecular weight excluding hydrogens is 331 g/mol. The van der Waals surface area contributed by atoms with Crippen LogP contribution in [-0.4, -0.2) is 41.5 Å². The Kier molecular flexibility index (Phi) is 4.25. The average Bonchev–Trinajstić information content (AvgIpc) is 3.16. The molecule has 2 N–H and O–H groups in total. The molecule has 2 heterocycles. The highest BCUT2D eigenvalue weighted by molar-refractivity contribution is 6.08. The molecular formula is C15H13FN6O3. The highest BCUT2D eigenvalue weighted by atomic mass is 19.1. The van der Waals surface area contributed by atoms with Gasteiger partial charge >= 0.3 is 5.97 Å². The fraction of sp³-hybridized carbons (Fsp3) is 0.133. The second-order valence-corrected chi connectivity index (χ2v) is 5.15. The Morgan fingerprint density at radius 1 is 1.32 bits per heavy atom. The van der Waals surface area contributed by atoms with Gasteiger partial charge in [-0.1, -0.05) is 18.2 Å². The van der Waals surface area contributed by atoms with Gasteiger partial charge in [-0.05, 0) is 6.07 Å². The lowest BCUT2D eigenvalue weighted by molar-refractivity contribution is 0.0692. The summed E-state index contributed by atoms with van der Waals surface area (Å²) in [6.07, 6.45) is 2.42. The lowest BCUT2D eigenvalue weighted by Crippen LogP contribution is -2.20. The third-order valence-electron chi connectivity index (χ3n) is 3.44. The van der Waals surface area contributed by atoms with Gasteiger partial charge in [0.2, 0.25) is 5.95 Å². The molecule has 0 fully saturated rings. The fourth-order valence-corrected chi connectivity index (χ4v) is 2.25. The number of carbonyl (C=O) groups excluding carboxylic acids is 1. The molecule has 10 heteroatoms. The molecule has 25 heavy (non-hydrogen) atoms. The van der Waals surface area contributed by atoms with E-state index in [1.807, 2.05) is 0 Å². The van der Waals surface area contributed by atoms with E-state index in [9.17, 15) is 14.0 Å². The molecule has 1 aromatic carbocycles. The van der Waals surface area contributed by atoms with Crippen molar-refractivity contribution in [2.24, 2.45) is 7.05 Å². The quantitative estimate of drug-likeness (QED) is 0.717. The first kappa shape index (κ1) is 16.3. The normalized spacial score (nSPS) is 10.6. The minimum atomic E-state index is -1.27. The summed E-state index contributed by atoms with van der Waals surface area (Å²) in [6.45, 7) is 0.141. The molecule has 3 aromatic rings. The van der Waals surface area contributed by atoms with E-state index in [1.165, 1.54) is 24.1 Å². The van der Waals surface area contributed by atoms with Crippen molar-refractivity contribution in [1.29, 1.82) is 0 Å². The average molecular weight is 344 g/mol. The van der Waals surface area contributed by atoms with Crippen LogP contribution in [0.15, 0.2) is 36.8 Å². The number of carboxylic acid groups (broad SMARTS) is 1. The molecule has 0 aliphatic heterocycles. The zero-order valence-corrected chi connectivity index (χ0v) is 13.0. The zero-order valence-electron chi connectivity index (χ0n) is 13.0. The van der Waals surface area contributed by atoms with Crippen LogP contribution in [0, 0.1) is 5.82 Å². The molecule has 1 amide bonds. The summed E-state index contributed by atoms with van der Waals surface area (Å²) in [6, 6.07) is 6.24. The largest absolute Gasteiger partial charge is 0.478 e. The summed E-state index contributed by atoms with van der Waals surface area (Å²) >= 11 is 0. The molecule has 0 saturated heterocycles. The molecule has 0 aliphatic rings. The number of aryl methyl sites for hydroxylation is 1. The van der Waals surface area contributed by atoms with Crippen molar-refractivity contribution in [2.75, 3.05) is 5.32 Å². The predicted octanol–water partition coefficient (Wildman–Crippen LogP) is 1.15. The van der Waals surface area contributed by atoms with Crippen LogP contribution in [0.5, 0.6) is 0 Å². The highest BCUT2D eigenvalue weighted by Crippen LogP contribution is 2.11. The first-order valence-corrected chi connectivity index (χ1v) is 7.15. The minimum absolute atomic E-state index is 0.0288. The maximum absolute atomic E-state index is 13.6. The lowest BCUT2D eigenvalue weighted by atomic mass is 10.2. The minimum Gasteiger partial charge on any atom is -0.478 e. The summed E-state index contributed by atoms with van der Waals surface area (Å²) in [5, 5.41) is 19.3. The van der Waals surface area contributed by atoms with E-state index >= 15 is 0 Å². The Bertz CT molecular complexity index is 948. The summed E-state index contributed by atoms with van der Waals surface area (Å²) in [7, 11) is 1.45. The predicted molar refractivity (Wildman–Crippen MR) is 83.6 cm³/mol. The molecule has 9 nitrogen and oxygen atoms in total. The van der Waals surface area contributed by atoms with Gasteiger partial charge < -0.3 is 5.11 Å². The smallest absolute Gasteiger partial charge is 0.339 e. The van der Waals surface area contributed by atoms with Crippen molar-refractivity contribution < 1.29 is 19.1 Å². The third kappa shape index (κ3) is 3.37. The summed E-state index contributed by atoms with van der Waals surface area (Å²) in [5.74, 6) is -2.37. The van der Waals surface area contributed by atoms with Gasteiger partial charge in [0.25, 0.3) is 5.91 Å². The van der Waals surface area contributed by atoms with Gasteiger partial charge in [0.15, 0.2) is 0 Å². The van der Waals surface area contributed by atoms with Crippen molar-refractivity contribution in [1.82, 2.24) is 24.5 Å². The zero-order chi connectivity index (χ0) is 18.0. The number of anilines is 1. The van der Waals surface area contributed by atoms with Gasteiger partial charge in [0, 0.05) is 12.6 Å². The molecule has 0 unspecified atom stereocenters. The number of nitrogens with zero attached hydrogens (tertiary/aromatic N) is 5. The van der Waals surface area contributed by atoms with E-state index in [2.05, 4.69) is 20.5 Å². The van der Waals surface area contributed by atoms with Gasteiger partial charge in [0.1, 0.15) is 23.4 Å². The van der Waals surface area contributed by atoms with Gasteiger partial charge in [-0.3, -0.25) is 14.8 Å². The van der Waals surface area contributed by atoms with Crippen molar-refractivity contribution in [2.45, 2.75) is 6.54 Å². The van der Waals surface area contributed by atoms with Crippen LogP contribution in [0.4, 0.5) is 10.3 Å². The number of halogens is 1. The van der Waals surface area contributed by atoms with Crippen molar-refractivity contribution in [3.8, 4) is 0 Å². The van der Waals surface area contributed by atoms with Crippen molar-refractivity contribution in [3.05, 3.63) is 59.4 Å². The number of aromatic nitrogens is 5. The summed E-state index contributed by atoms with van der Waals surface area (Å²) in [4.78, 5) is 27.3. The maximum Gasteiger partial charge on any atom is 0.339 e. The molecule has 0 saturated carbocycles. The number of carbonyl (C=O) groups is 2. The maximum atomic E-state index is 13.6. The summed E-state index contributed by atoms with van der Waals surface area (Å²) in [5.41, 5.74) is 0.0637. The Hall–Kier alpha value is -3.56. The third-order valence-corrected chi connectivity index (χ3v) is 3.44. The monoisotopic (exact) mass is 344 g/mol. The van der Waals surface area contributed by atoms with Crippen LogP contribution < -0.4 is 5.32 Å². The summed E-state index contributed by atoms with van der Waals surface area (Å²) < 4.78 is 16.2. The van der Waals surface area contributed by atoms with E-state index in [1.54, 1.807) is 18.2 Å². The Labute approximate surface area is 140 Å². The molecule has 0 bridgehead atoms. The van der Waals surface area contributed by atoms with Crippen LogP contribution in [0.2, 0.25) is 0 Å². The van der Waals surface area contributed by atoms with E-state index < -0.39 is 11.9 Å². The second kappa shape index (κ2) is 6.51. The molecule has 0 atom stereocenters. The first-order valence-electron chi connectivity index (χ1n) is 7.15. The Balaban J connectivity index is 1.76. The Morgan fingerprint density at radius 2 is 2.08 bits per heavy atom. The van der Waals surface area contributed by atoms with Crippen molar-refractivity contribution in [3.63, 3.8) is 0 Å². The van der Waals surface area contributed by atoms with Gasteiger partial charge in [0.05, 0.1) is 12.7 Å². The number of rotatable bonds is 5. The molecule has 0 aliphatic carbocycles. The number of hydrogen-bond donors (Lipinski definition) is 2. The van der Waals surface area contributed by atoms with E-state index in [0.29, 0.717) is 5.56 Å². The van der Waals surface area contributed by atoms with Gasteiger partial charge in [-0.2, -0.15) is 5.10 Å². The lowest BCUT2D eigenvalue weighted by Gasteiger charge is -2.04. The molecule has 0 radical (unpaired) electrons. The number of hydrogen-bond acceptors (Lipinski definition) is 5. The number of carboxylic acids is 1. The van der Waals surface area contributed by atoms with E-state index in [0.717, 1.165) is 10.9 Å². The number of benzene rings is 1. The van der Waals surface area contributed by atoms with Gasteiger partial charge in [-0.25, -0.2) is 18.9 Å². The van der Waals surface area contributed by atoms with Gasteiger partial charge in [-0.15, -0.1) is 5.10 Å². The van der Waals surface area contributed by atoms with Crippen LogP contribution in [-0.2, 0) is 13.6 Å². The molecule has 3 rings (SSSR count). The van der Waals surface area contributed by atoms with Crippen LogP contribution in [0.1, 0.15) is 26.4 Å². The second-order valence-electron chi connectivity index (χ2n) is 5.15. The van der Waals surface area contributed by atoms with Crippen molar-refractivity contribution >= 4 is 17.8 Å². The van der Waals surface area contributed by atoms with Crippen LogP contribution in [0.25, 0.3) is 0 Å². The van der Waals surface area contributed by atoms with E-state index in [-0.39, 0.29) is 29.6 Å². The first-order chi connectivity index (χ1) is 12.0. The molecule has 2 aromatic heterocycles. The Morgan fingerprint density at radius 3 is 2.80 bits per heavy atom. The fourth-order valence-electron chi connectivity index (χ4n) is 2.25. The topological polar surface area (TPSA) is 115 Å². The van der Waals surface area contributed by atoms with Crippen LogP contribution >= 0.6 is 0 Å². The number of amides is 1. The van der Waals surface area contributed by atoms with Crippen LogP contribution in [0.3, 0.4) is 0 Å². The van der Waals surface area contributed by atoms with E-state index in [4.69, 9.17) is 5.11 Å². The molecule has 128 valence electrons. The number of aromatic carboxylic acids is 1. The number of nitrogens with one attached hydrogen (secondary N) is 1. The highest BCUT2D eigenvalue weighted by Gasteiger charge is 2.22.